The Morgan fingerprint density at radius 3 is 2.50 bits per heavy atom. The van der Waals surface area contributed by atoms with Crippen molar-refractivity contribution in [1.82, 2.24) is 15.1 Å². The molecule has 0 spiro atoms. The molecule has 1 saturated heterocycles. The molecule has 2 heterocycles. The van der Waals surface area contributed by atoms with Gasteiger partial charge in [0.2, 0.25) is 11.0 Å². The van der Waals surface area contributed by atoms with Crippen LogP contribution in [0.25, 0.3) is 0 Å². The van der Waals surface area contributed by atoms with Crippen molar-refractivity contribution in [2.24, 2.45) is 0 Å². The van der Waals surface area contributed by atoms with Gasteiger partial charge in [-0.25, -0.2) is 0 Å². The largest absolute Gasteiger partial charge is 0.369 e. The normalized spacial score (nSPS) is 15.0. The summed E-state index contributed by atoms with van der Waals surface area (Å²) in [5.74, 6) is -0.0167. The van der Waals surface area contributed by atoms with E-state index in [-0.39, 0.29) is 18.3 Å². The summed E-state index contributed by atoms with van der Waals surface area (Å²) >= 11 is 1.44. The lowest BCUT2D eigenvalue weighted by Crippen LogP contribution is -2.48. The standard InChI is InChI=1S/C16H21N5OS.ClH/c1-2-15-18-19-16(23-15)17-14(22)12-20-8-10-21(11-9-20)13-6-4-3-5-7-13;/h3-7H,2,8-12H2,1H3,(H,17,19,22);1H. The smallest absolute Gasteiger partial charge is 0.240 e. The van der Waals surface area contributed by atoms with Crippen LogP contribution in [0.3, 0.4) is 0 Å². The molecule has 0 saturated carbocycles. The van der Waals surface area contributed by atoms with Gasteiger partial charge in [-0.05, 0) is 18.6 Å². The molecule has 1 aliphatic rings. The Bertz CT molecular complexity index is 643. The highest BCUT2D eigenvalue weighted by atomic mass is 35.5. The quantitative estimate of drug-likeness (QED) is 0.878. The average Bonchev–Trinajstić information content (AvgIpc) is 3.04. The molecule has 1 amide bonds. The maximum atomic E-state index is 12.1. The second-order valence-corrected chi connectivity index (χ2v) is 6.56. The van der Waals surface area contributed by atoms with Gasteiger partial charge in [-0.3, -0.25) is 15.0 Å². The van der Waals surface area contributed by atoms with Crippen LogP contribution in [0, 0.1) is 0 Å². The molecule has 1 aromatic carbocycles. The predicted molar refractivity (Wildman–Crippen MR) is 100 cm³/mol. The van der Waals surface area contributed by atoms with Crippen molar-refractivity contribution >= 4 is 40.5 Å². The summed E-state index contributed by atoms with van der Waals surface area (Å²) < 4.78 is 0. The molecular formula is C16H22ClN5OS. The number of para-hydroxylation sites is 1. The third-order valence-electron chi connectivity index (χ3n) is 3.88. The second-order valence-electron chi connectivity index (χ2n) is 5.50. The van der Waals surface area contributed by atoms with E-state index in [1.165, 1.54) is 17.0 Å². The highest BCUT2D eigenvalue weighted by Gasteiger charge is 2.19. The minimum absolute atomic E-state index is 0. The Morgan fingerprint density at radius 2 is 1.88 bits per heavy atom. The lowest BCUT2D eigenvalue weighted by molar-refractivity contribution is -0.117. The molecule has 0 bridgehead atoms. The van der Waals surface area contributed by atoms with Gasteiger partial charge in [-0.2, -0.15) is 0 Å². The first kappa shape index (κ1) is 18.6. The van der Waals surface area contributed by atoms with Crippen molar-refractivity contribution in [2.75, 3.05) is 42.9 Å². The molecular weight excluding hydrogens is 346 g/mol. The number of nitrogens with one attached hydrogen (secondary N) is 1. The number of rotatable bonds is 5. The number of halogens is 1. The van der Waals surface area contributed by atoms with Gasteiger partial charge in [-0.1, -0.05) is 36.5 Å². The predicted octanol–water partition coefficient (Wildman–Crippen LogP) is 2.28. The fraction of sp³-hybridized carbons (Fsp3) is 0.438. The number of aromatic nitrogens is 2. The van der Waals surface area contributed by atoms with E-state index >= 15 is 0 Å². The number of carbonyl (C=O) groups is 1. The molecule has 0 aliphatic carbocycles. The summed E-state index contributed by atoms with van der Waals surface area (Å²) in [6.07, 6.45) is 0.842. The number of benzene rings is 1. The van der Waals surface area contributed by atoms with Crippen LogP contribution in [-0.2, 0) is 11.2 Å². The second kappa shape index (κ2) is 8.96. The molecule has 6 nitrogen and oxygen atoms in total. The minimum Gasteiger partial charge on any atom is -0.369 e. The van der Waals surface area contributed by atoms with Gasteiger partial charge in [0.1, 0.15) is 5.01 Å². The third kappa shape index (κ3) is 4.90. The fourth-order valence-electron chi connectivity index (χ4n) is 2.61. The maximum Gasteiger partial charge on any atom is 0.240 e. The molecule has 3 rings (SSSR count). The van der Waals surface area contributed by atoms with Crippen LogP contribution in [0.4, 0.5) is 10.8 Å². The number of nitrogens with zero attached hydrogens (tertiary/aromatic N) is 4. The Kier molecular flexibility index (Phi) is 6.96. The first-order valence-corrected chi connectivity index (χ1v) is 8.71. The Morgan fingerprint density at radius 1 is 1.17 bits per heavy atom. The lowest BCUT2D eigenvalue weighted by atomic mass is 10.2. The number of carbonyl (C=O) groups excluding carboxylic acids is 1. The van der Waals surface area contributed by atoms with Crippen molar-refractivity contribution in [3.05, 3.63) is 35.3 Å². The minimum atomic E-state index is -0.0167. The lowest BCUT2D eigenvalue weighted by Gasteiger charge is -2.35. The number of hydrogen-bond donors (Lipinski definition) is 1. The van der Waals surface area contributed by atoms with Crippen LogP contribution >= 0.6 is 23.7 Å². The molecule has 1 aliphatic heterocycles. The van der Waals surface area contributed by atoms with Gasteiger partial charge in [0.05, 0.1) is 6.54 Å². The van der Waals surface area contributed by atoms with Crippen molar-refractivity contribution in [1.29, 1.82) is 0 Å². The summed E-state index contributed by atoms with van der Waals surface area (Å²) in [4.78, 5) is 16.6. The zero-order valence-corrected chi connectivity index (χ0v) is 15.3. The molecule has 130 valence electrons. The summed E-state index contributed by atoms with van der Waals surface area (Å²) in [6, 6.07) is 10.4. The van der Waals surface area contributed by atoms with Gasteiger partial charge < -0.3 is 4.90 Å². The van der Waals surface area contributed by atoms with E-state index in [4.69, 9.17) is 0 Å². The van der Waals surface area contributed by atoms with Crippen LogP contribution in [0.2, 0.25) is 0 Å². The highest BCUT2D eigenvalue weighted by Crippen LogP contribution is 2.17. The first-order valence-electron chi connectivity index (χ1n) is 7.89. The zero-order chi connectivity index (χ0) is 16.1. The Hall–Kier alpha value is -1.70. The van der Waals surface area contributed by atoms with Crippen LogP contribution in [0.15, 0.2) is 30.3 Å². The Labute approximate surface area is 152 Å². The van der Waals surface area contributed by atoms with E-state index in [9.17, 15) is 4.79 Å². The Balaban J connectivity index is 0.00000208. The number of piperazine rings is 1. The van der Waals surface area contributed by atoms with Crippen LogP contribution in [0.1, 0.15) is 11.9 Å². The molecule has 1 N–H and O–H groups in total. The summed E-state index contributed by atoms with van der Waals surface area (Å²) in [5.41, 5.74) is 1.25. The van der Waals surface area contributed by atoms with Crippen molar-refractivity contribution in [3.8, 4) is 0 Å². The maximum absolute atomic E-state index is 12.1. The van der Waals surface area contributed by atoms with Crippen molar-refractivity contribution in [3.63, 3.8) is 0 Å². The number of aryl methyl sites for hydroxylation is 1. The van der Waals surface area contributed by atoms with Crippen molar-refractivity contribution in [2.45, 2.75) is 13.3 Å². The van der Waals surface area contributed by atoms with E-state index in [0.29, 0.717) is 11.7 Å². The van der Waals surface area contributed by atoms with E-state index in [0.717, 1.165) is 37.6 Å². The number of hydrogen-bond acceptors (Lipinski definition) is 6. The summed E-state index contributed by atoms with van der Waals surface area (Å²) in [7, 11) is 0. The monoisotopic (exact) mass is 367 g/mol. The van der Waals surface area contributed by atoms with E-state index in [1.54, 1.807) is 0 Å². The first-order chi connectivity index (χ1) is 11.2. The van der Waals surface area contributed by atoms with Gasteiger partial charge in [0.15, 0.2) is 0 Å². The molecule has 0 unspecified atom stereocenters. The third-order valence-corrected chi connectivity index (χ3v) is 4.86. The number of amides is 1. The average molecular weight is 368 g/mol. The highest BCUT2D eigenvalue weighted by molar-refractivity contribution is 7.15. The number of anilines is 2. The van der Waals surface area contributed by atoms with E-state index < -0.39 is 0 Å². The van der Waals surface area contributed by atoms with Gasteiger partial charge in [-0.15, -0.1) is 22.6 Å². The molecule has 1 aromatic heterocycles. The fourth-order valence-corrected chi connectivity index (χ4v) is 3.31. The van der Waals surface area contributed by atoms with Gasteiger partial charge >= 0.3 is 0 Å². The van der Waals surface area contributed by atoms with Crippen LogP contribution < -0.4 is 10.2 Å². The summed E-state index contributed by atoms with van der Waals surface area (Å²) in [5, 5.41) is 12.4. The molecule has 2 aromatic rings. The van der Waals surface area contributed by atoms with Crippen molar-refractivity contribution < 1.29 is 4.79 Å². The summed E-state index contributed by atoms with van der Waals surface area (Å²) in [6.45, 7) is 6.09. The van der Waals surface area contributed by atoms with Gasteiger partial charge in [0, 0.05) is 31.9 Å². The van der Waals surface area contributed by atoms with Crippen LogP contribution in [-0.4, -0.2) is 53.7 Å². The topological polar surface area (TPSA) is 61.4 Å². The van der Waals surface area contributed by atoms with Gasteiger partial charge in [0.25, 0.3) is 0 Å². The molecule has 0 radical (unpaired) electrons. The molecule has 1 fully saturated rings. The van der Waals surface area contributed by atoms with E-state index in [1.807, 2.05) is 13.0 Å². The molecule has 24 heavy (non-hydrogen) atoms. The SMILES string of the molecule is CCc1nnc(NC(=O)CN2CCN(c3ccccc3)CC2)s1.Cl. The zero-order valence-electron chi connectivity index (χ0n) is 13.6. The van der Waals surface area contributed by atoms with Crippen LogP contribution in [0.5, 0.6) is 0 Å². The molecule has 0 atom stereocenters. The van der Waals surface area contributed by atoms with E-state index in [2.05, 4.69) is 49.6 Å². The molecule has 8 heteroatoms.